The van der Waals surface area contributed by atoms with Crippen LogP contribution in [0.3, 0.4) is 0 Å². The molecule has 1 aromatic heterocycles. The highest BCUT2D eigenvalue weighted by Crippen LogP contribution is 2.31. The van der Waals surface area contributed by atoms with Gasteiger partial charge in [0.1, 0.15) is 11.7 Å². The molecule has 1 atom stereocenters. The average molecular weight is 283 g/mol. The van der Waals surface area contributed by atoms with Gasteiger partial charge >= 0.3 is 5.97 Å². The van der Waals surface area contributed by atoms with Gasteiger partial charge in [0.25, 0.3) is 6.43 Å². The van der Waals surface area contributed by atoms with Crippen LogP contribution in [-0.2, 0) is 4.79 Å². The summed E-state index contributed by atoms with van der Waals surface area (Å²) >= 11 is 2.96. The number of rotatable bonds is 3. The fourth-order valence-electron chi connectivity index (χ4n) is 1.14. The van der Waals surface area contributed by atoms with Crippen LogP contribution in [0.4, 0.5) is 8.78 Å². The Balaban J connectivity index is 3.29. The molecule has 0 aliphatic heterocycles. The standard InChI is InChI=1S/C8H9BrF2N2O2/c1-3-5(9)6(7(10)11)13(12-3)4(2)8(14)15/h4,7H,1-2H3,(H,14,15)/t4-/m0/s1. The van der Waals surface area contributed by atoms with Gasteiger partial charge in [-0.15, -0.1) is 0 Å². The summed E-state index contributed by atoms with van der Waals surface area (Å²) in [5.41, 5.74) is -0.0548. The third kappa shape index (κ3) is 2.17. The van der Waals surface area contributed by atoms with Crippen molar-refractivity contribution in [3.63, 3.8) is 0 Å². The second kappa shape index (κ2) is 4.26. The minimum absolute atomic E-state index is 0.158. The van der Waals surface area contributed by atoms with Gasteiger partial charge in [-0.05, 0) is 29.8 Å². The van der Waals surface area contributed by atoms with Crippen LogP contribution in [-0.4, -0.2) is 20.9 Å². The topological polar surface area (TPSA) is 55.1 Å². The van der Waals surface area contributed by atoms with E-state index in [1.165, 1.54) is 13.8 Å². The molecule has 0 saturated heterocycles. The molecule has 0 saturated carbocycles. The average Bonchev–Trinajstić information content (AvgIpc) is 2.41. The molecule has 84 valence electrons. The zero-order valence-electron chi connectivity index (χ0n) is 8.04. The molecule has 0 radical (unpaired) electrons. The van der Waals surface area contributed by atoms with Crippen LogP contribution in [0.15, 0.2) is 4.47 Å². The zero-order valence-corrected chi connectivity index (χ0v) is 9.62. The molecule has 1 aromatic rings. The van der Waals surface area contributed by atoms with Crippen molar-refractivity contribution in [1.29, 1.82) is 0 Å². The summed E-state index contributed by atoms with van der Waals surface area (Å²) in [5.74, 6) is -1.20. The number of hydrogen-bond acceptors (Lipinski definition) is 2. The van der Waals surface area contributed by atoms with Crippen molar-refractivity contribution < 1.29 is 18.7 Å². The highest BCUT2D eigenvalue weighted by Gasteiger charge is 2.26. The van der Waals surface area contributed by atoms with Gasteiger partial charge < -0.3 is 5.11 Å². The molecule has 7 heteroatoms. The second-order valence-corrected chi connectivity index (χ2v) is 3.84. The van der Waals surface area contributed by atoms with Gasteiger partial charge in [-0.25, -0.2) is 18.3 Å². The molecule has 0 aliphatic rings. The van der Waals surface area contributed by atoms with E-state index >= 15 is 0 Å². The summed E-state index contributed by atoms with van der Waals surface area (Å²) in [6.07, 6.45) is -2.76. The molecule has 0 spiro atoms. The first-order valence-electron chi connectivity index (χ1n) is 4.11. The Morgan fingerprint density at radius 1 is 1.60 bits per heavy atom. The van der Waals surface area contributed by atoms with Gasteiger partial charge in [-0.2, -0.15) is 5.10 Å². The van der Waals surface area contributed by atoms with E-state index in [4.69, 9.17) is 5.11 Å². The van der Waals surface area contributed by atoms with Gasteiger partial charge in [-0.1, -0.05) is 0 Å². The quantitative estimate of drug-likeness (QED) is 0.927. The Bertz CT molecular complexity index is 392. The number of carboxylic acids is 1. The number of alkyl halides is 2. The molecule has 0 aliphatic carbocycles. The summed E-state index contributed by atoms with van der Waals surface area (Å²) < 4.78 is 26.3. The molecule has 1 rings (SSSR count). The third-order valence-electron chi connectivity index (χ3n) is 1.98. The molecule has 0 unspecified atom stereocenters. The lowest BCUT2D eigenvalue weighted by Gasteiger charge is -2.10. The zero-order chi connectivity index (χ0) is 11.7. The highest BCUT2D eigenvalue weighted by atomic mass is 79.9. The lowest BCUT2D eigenvalue weighted by molar-refractivity contribution is -0.140. The number of hydrogen-bond donors (Lipinski definition) is 1. The van der Waals surface area contributed by atoms with Crippen LogP contribution in [0, 0.1) is 6.92 Å². The van der Waals surface area contributed by atoms with Gasteiger partial charge in [0.2, 0.25) is 0 Å². The Hall–Kier alpha value is -0.980. The van der Waals surface area contributed by atoms with Gasteiger partial charge in [0.05, 0.1) is 10.2 Å². The molecule has 0 aromatic carbocycles. The third-order valence-corrected chi connectivity index (χ3v) is 2.96. The van der Waals surface area contributed by atoms with Crippen LogP contribution in [0.2, 0.25) is 0 Å². The number of carbonyl (C=O) groups is 1. The molecule has 1 N–H and O–H groups in total. The molecule has 0 fully saturated rings. The maximum Gasteiger partial charge on any atom is 0.328 e. The summed E-state index contributed by atoms with van der Waals surface area (Å²) in [6, 6.07) is -1.11. The van der Waals surface area contributed by atoms with E-state index in [0.29, 0.717) is 5.69 Å². The monoisotopic (exact) mass is 282 g/mol. The van der Waals surface area contributed by atoms with Crippen molar-refractivity contribution in [3.8, 4) is 0 Å². The van der Waals surface area contributed by atoms with Crippen molar-refractivity contribution in [2.24, 2.45) is 0 Å². The van der Waals surface area contributed by atoms with Crippen molar-refractivity contribution >= 4 is 21.9 Å². The Kier molecular flexibility index (Phi) is 3.43. The Labute approximate surface area is 93.0 Å². The van der Waals surface area contributed by atoms with Crippen molar-refractivity contribution in [3.05, 3.63) is 15.9 Å². The van der Waals surface area contributed by atoms with E-state index in [-0.39, 0.29) is 4.47 Å². The maximum absolute atomic E-state index is 12.6. The van der Waals surface area contributed by atoms with Crippen molar-refractivity contribution in [2.75, 3.05) is 0 Å². The van der Waals surface area contributed by atoms with Crippen LogP contribution >= 0.6 is 15.9 Å². The first-order valence-corrected chi connectivity index (χ1v) is 4.91. The van der Waals surface area contributed by atoms with Gasteiger partial charge in [0.15, 0.2) is 0 Å². The van der Waals surface area contributed by atoms with Crippen LogP contribution in [0.25, 0.3) is 0 Å². The Morgan fingerprint density at radius 2 is 2.13 bits per heavy atom. The summed E-state index contributed by atoms with van der Waals surface area (Å²) in [5, 5.41) is 12.5. The van der Waals surface area contributed by atoms with Crippen molar-refractivity contribution in [1.82, 2.24) is 9.78 Å². The molecule has 15 heavy (non-hydrogen) atoms. The Morgan fingerprint density at radius 3 is 2.53 bits per heavy atom. The van der Waals surface area contributed by atoms with E-state index in [2.05, 4.69) is 21.0 Å². The molecule has 1 heterocycles. The van der Waals surface area contributed by atoms with Crippen LogP contribution in [0.5, 0.6) is 0 Å². The lowest BCUT2D eigenvalue weighted by atomic mass is 10.3. The molecule has 0 amide bonds. The fourth-order valence-corrected chi connectivity index (χ4v) is 1.57. The minimum Gasteiger partial charge on any atom is -0.480 e. The SMILES string of the molecule is Cc1nn([C@@H](C)C(=O)O)c(C(F)F)c1Br. The first-order chi connectivity index (χ1) is 6.86. The van der Waals surface area contributed by atoms with Crippen LogP contribution < -0.4 is 0 Å². The second-order valence-electron chi connectivity index (χ2n) is 3.04. The van der Waals surface area contributed by atoms with E-state index < -0.39 is 24.1 Å². The minimum atomic E-state index is -2.76. The predicted molar refractivity (Wildman–Crippen MR) is 52.0 cm³/mol. The lowest BCUT2D eigenvalue weighted by Crippen LogP contribution is -2.19. The largest absolute Gasteiger partial charge is 0.480 e. The smallest absolute Gasteiger partial charge is 0.328 e. The number of nitrogens with zero attached hydrogens (tertiary/aromatic N) is 2. The fraction of sp³-hybridized carbons (Fsp3) is 0.500. The van der Waals surface area contributed by atoms with Crippen LogP contribution in [0.1, 0.15) is 30.8 Å². The maximum atomic E-state index is 12.6. The van der Waals surface area contributed by atoms with Crippen molar-refractivity contribution in [2.45, 2.75) is 26.3 Å². The first kappa shape index (κ1) is 12.1. The predicted octanol–water partition coefficient (Wildman–Crippen LogP) is 2.54. The van der Waals surface area contributed by atoms with E-state index in [1.54, 1.807) is 0 Å². The number of aliphatic carboxylic acids is 1. The normalized spacial score (nSPS) is 13.2. The molecule has 4 nitrogen and oxygen atoms in total. The summed E-state index contributed by atoms with van der Waals surface area (Å²) in [7, 11) is 0. The van der Waals surface area contributed by atoms with E-state index in [1.807, 2.05) is 0 Å². The summed E-state index contributed by atoms with van der Waals surface area (Å²) in [6.45, 7) is 2.83. The highest BCUT2D eigenvalue weighted by molar-refractivity contribution is 9.10. The van der Waals surface area contributed by atoms with Gasteiger partial charge in [0, 0.05) is 0 Å². The number of aromatic nitrogens is 2. The number of halogens is 3. The van der Waals surface area contributed by atoms with E-state index in [9.17, 15) is 13.6 Å². The molecular weight excluding hydrogens is 274 g/mol. The van der Waals surface area contributed by atoms with Gasteiger partial charge in [-0.3, -0.25) is 0 Å². The number of aryl methyl sites for hydroxylation is 1. The summed E-state index contributed by atoms with van der Waals surface area (Å²) in [4.78, 5) is 10.7. The molecular formula is C8H9BrF2N2O2. The molecule has 0 bridgehead atoms. The van der Waals surface area contributed by atoms with E-state index in [0.717, 1.165) is 4.68 Å². The number of carboxylic acid groups (broad SMARTS) is 1.